The molecule has 98 valence electrons. The van der Waals surface area contributed by atoms with E-state index in [0.717, 1.165) is 0 Å². The second-order valence-corrected chi connectivity index (χ2v) is 5.20. The molecule has 0 spiro atoms. The van der Waals surface area contributed by atoms with Crippen molar-refractivity contribution in [2.24, 2.45) is 0 Å². The normalized spacial score (nSPS) is 41.0. The monoisotopic (exact) mass is 254 g/mol. The molecule has 0 bridgehead atoms. The van der Waals surface area contributed by atoms with Gasteiger partial charge in [0.1, 0.15) is 24.9 Å². The van der Waals surface area contributed by atoms with Crippen LogP contribution < -0.4 is 0 Å². The lowest BCUT2D eigenvalue weighted by Crippen LogP contribution is -2.37. The summed E-state index contributed by atoms with van der Waals surface area (Å²) in [6.07, 6.45) is -0.850. The van der Waals surface area contributed by atoms with Crippen LogP contribution in [-0.2, 0) is 32.1 Å². The Bertz CT molecular complexity index is 476. The maximum absolute atomic E-state index is 5.84. The molecule has 0 N–H and O–H groups in total. The van der Waals surface area contributed by atoms with Crippen molar-refractivity contribution < 1.29 is 18.9 Å². The second kappa shape index (κ2) is 3.47. The number of hydrogen-bond acceptors (Lipinski definition) is 7. The van der Waals surface area contributed by atoms with Crippen molar-refractivity contribution in [1.29, 1.82) is 0 Å². The van der Waals surface area contributed by atoms with Gasteiger partial charge in [0.25, 0.3) is 0 Å². The summed E-state index contributed by atoms with van der Waals surface area (Å²) >= 11 is 0. The van der Waals surface area contributed by atoms with Gasteiger partial charge >= 0.3 is 0 Å². The third-order valence-corrected chi connectivity index (χ3v) is 3.45. The Morgan fingerprint density at radius 3 is 3.06 bits per heavy atom. The molecule has 2 saturated heterocycles. The van der Waals surface area contributed by atoms with Crippen LogP contribution in [-0.4, -0.2) is 50.6 Å². The minimum atomic E-state index is -0.622. The Labute approximate surface area is 103 Å². The van der Waals surface area contributed by atoms with E-state index >= 15 is 0 Å². The summed E-state index contributed by atoms with van der Waals surface area (Å²) in [6, 6.07) is 0. The van der Waals surface area contributed by atoms with Crippen LogP contribution in [0.4, 0.5) is 0 Å². The van der Waals surface area contributed by atoms with Crippen LogP contribution in [0, 0.1) is 0 Å². The summed E-state index contributed by atoms with van der Waals surface area (Å²) < 4.78 is 24.9. The molecule has 4 rings (SSSR count). The van der Waals surface area contributed by atoms with E-state index in [2.05, 4.69) is 15.5 Å². The van der Waals surface area contributed by atoms with E-state index in [4.69, 9.17) is 18.9 Å². The van der Waals surface area contributed by atoms with Crippen LogP contribution in [0.25, 0.3) is 0 Å². The van der Waals surface area contributed by atoms with Crippen molar-refractivity contribution in [2.75, 3.05) is 0 Å². The maximum atomic E-state index is 5.84. The van der Waals surface area contributed by atoms with Crippen LogP contribution in [0.2, 0.25) is 0 Å². The Morgan fingerprint density at radius 2 is 2.17 bits per heavy atom. The third-order valence-electron chi connectivity index (χ3n) is 3.45. The zero-order valence-corrected chi connectivity index (χ0v) is 10.1. The van der Waals surface area contributed by atoms with Crippen molar-refractivity contribution in [2.45, 2.75) is 57.4 Å². The highest BCUT2D eigenvalue weighted by Gasteiger charge is 2.56. The predicted octanol–water partition coefficient (Wildman–Crippen LogP) is -0.552. The molecule has 1 aromatic rings. The van der Waals surface area contributed by atoms with Crippen LogP contribution in [0.1, 0.15) is 19.7 Å². The van der Waals surface area contributed by atoms with Crippen molar-refractivity contribution in [3.05, 3.63) is 5.82 Å². The molecule has 8 nitrogen and oxygen atoms in total. The summed E-state index contributed by atoms with van der Waals surface area (Å²) in [5.74, 6) is 0.0892. The highest BCUT2D eigenvalue weighted by atomic mass is 16.8. The summed E-state index contributed by atoms with van der Waals surface area (Å²) in [4.78, 5) is 0. The summed E-state index contributed by atoms with van der Waals surface area (Å²) in [5, 5.41) is 11.4. The molecule has 3 aliphatic rings. The topological polar surface area (TPSA) is 80.5 Å². The molecule has 0 unspecified atom stereocenters. The third kappa shape index (κ3) is 1.50. The van der Waals surface area contributed by atoms with E-state index in [1.54, 1.807) is 4.68 Å². The highest BCUT2D eigenvalue weighted by molar-refractivity contribution is 4.97. The van der Waals surface area contributed by atoms with E-state index in [0.29, 0.717) is 19.0 Å². The number of nitrogens with zero attached hydrogens (tertiary/aromatic N) is 4. The van der Waals surface area contributed by atoms with Crippen molar-refractivity contribution in [3.63, 3.8) is 0 Å². The Balaban J connectivity index is 1.60. The molecule has 1 aromatic heterocycles. The average molecular weight is 254 g/mol. The molecular weight excluding hydrogens is 240 g/mol. The zero-order valence-electron chi connectivity index (χ0n) is 10.1. The fourth-order valence-electron chi connectivity index (χ4n) is 2.70. The van der Waals surface area contributed by atoms with E-state index in [1.165, 1.54) is 0 Å². The van der Waals surface area contributed by atoms with Gasteiger partial charge < -0.3 is 18.9 Å². The minimum absolute atomic E-state index is 0.138. The molecule has 0 aromatic carbocycles. The van der Waals surface area contributed by atoms with E-state index < -0.39 is 5.79 Å². The van der Waals surface area contributed by atoms with Crippen molar-refractivity contribution in [3.8, 4) is 0 Å². The number of rotatable bonds is 0. The number of ether oxygens (including phenoxy) is 4. The molecule has 4 heterocycles. The smallest absolute Gasteiger partial charge is 0.190 e. The van der Waals surface area contributed by atoms with Gasteiger partial charge in [-0.2, -0.15) is 0 Å². The Kier molecular flexibility index (Phi) is 2.08. The van der Waals surface area contributed by atoms with Crippen LogP contribution in [0.5, 0.6) is 0 Å². The maximum Gasteiger partial charge on any atom is 0.190 e. The molecule has 0 aliphatic carbocycles. The van der Waals surface area contributed by atoms with Crippen LogP contribution in [0.3, 0.4) is 0 Å². The first-order valence-corrected chi connectivity index (χ1v) is 6.00. The summed E-state index contributed by atoms with van der Waals surface area (Å²) in [6.45, 7) is 4.67. The first-order chi connectivity index (χ1) is 8.62. The number of tetrazole rings is 1. The quantitative estimate of drug-likeness (QED) is 0.614. The van der Waals surface area contributed by atoms with Gasteiger partial charge in [0.15, 0.2) is 17.9 Å². The Hall–Kier alpha value is -1.09. The molecule has 18 heavy (non-hydrogen) atoms. The summed E-state index contributed by atoms with van der Waals surface area (Å²) in [5.41, 5.74) is 0. The molecule has 2 fully saturated rings. The second-order valence-electron chi connectivity index (χ2n) is 5.20. The fourth-order valence-corrected chi connectivity index (χ4v) is 2.70. The van der Waals surface area contributed by atoms with Crippen molar-refractivity contribution in [1.82, 2.24) is 20.2 Å². The molecule has 4 atom stereocenters. The van der Waals surface area contributed by atoms with E-state index in [9.17, 15) is 0 Å². The minimum Gasteiger partial charge on any atom is -0.364 e. The molecule has 3 aliphatic heterocycles. The standard InChI is InChI=1S/C10H14N4O4/c1-10(2)17-8-7-5(16-9(8)18-10)3-14-6(4-15-7)11-12-13-14/h5,7-9H,3-4H2,1-2H3/t5-,7+,8-,9-/m1/s1. The first-order valence-electron chi connectivity index (χ1n) is 6.00. The van der Waals surface area contributed by atoms with E-state index in [-0.39, 0.29) is 24.6 Å². The van der Waals surface area contributed by atoms with Gasteiger partial charge in [0, 0.05) is 0 Å². The SMILES string of the molecule is CC1(C)O[C@H]2O[C@@H]3Cn4nnnc4CO[C@@H]3[C@H]2O1. The van der Waals surface area contributed by atoms with Crippen molar-refractivity contribution >= 4 is 0 Å². The van der Waals surface area contributed by atoms with E-state index in [1.807, 2.05) is 13.8 Å². The van der Waals surface area contributed by atoms with Gasteiger partial charge in [0.2, 0.25) is 0 Å². The number of aromatic nitrogens is 4. The van der Waals surface area contributed by atoms with Gasteiger partial charge in [-0.25, -0.2) is 4.68 Å². The average Bonchev–Trinajstić information content (AvgIpc) is 2.88. The lowest BCUT2D eigenvalue weighted by atomic mass is 10.1. The van der Waals surface area contributed by atoms with Crippen LogP contribution in [0.15, 0.2) is 0 Å². The molecule has 0 saturated carbocycles. The molecular formula is C10H14N4O4. The first kappa shape index (κ1) is 10.8. The summed E-state index contributed by atoms with van der Waals surface area (Å²) in [7, 11) is 0. The van der Waals surface area contributed by atoms with Gasteiger partial charge in [-0.05, 0) is 24.3 Å². The molecule has 0 amide bonds. The Morgan fingerprint density at radius 1 is 1.28 bits per heavy atom. The number of hydrogen-bond donors (Lipinski definition) is 0. The zero-order chi connectivity index (χ0) is 12.3. The highest BCUT2D eigenvalue weighted by Crippen LogP contribution is 2.39. The van der Waals surface area contributed by atoms with Crippen LogP contribution >= 0.6 is 0 Å². The largest absolute Gasteiger partial charge is 0.364 e. The van der Waals surface area contributed by atoms with Gasteiger partial charge in [0.05, 0.1) is 6.54 Å². The number of fused-ring (bicyclic) bond motifs is 4. The van der Waals surface area contributed by atoms with Gasteiger partial charge in [-0.1, -0.05) is 0 Å². The lowest BCUT2D eigenvalue weighted by Gasteiger charge is -2.23. The molecule has 0 radical (unpaired) electrons. The molecule has 8 heteroatoms. The van der Waals surface area contributed by atoms with Gasteiger partial charge in [-0.15, -0.1) is 5.10 Å². The van der Waals surface area contributed by atoms with Gasteiger partial charge in [-0.3, -0.25) is 0 Å². The fraction of sp³-hybridized carbons (Fsp3) is 0.900. The predicted molar refractivity (Wildman–Crippen MR) is 55.1 cm³/mol. The lowest BCUT2D eigenvalue weighted by molar-refractivity contribution is -0.219.